The Kier molecular flexibility index (Phi) is 10.2. The first kappa shape index (κ1) is 19.0. The molecule has 1 rings (SSSR count). The zero-order chi connectivity index (χ0) is 14.1. The van der Waals surface area contributed by atoms with Gasteiger partial charge in [0.15, 0.2) is 5.96 Å². The van der Waals surface area contributed by atoms with E-state index in [1.54, 1.807) is 0 Å². The maximum atomic E-state index is 5.78. The highest BCUT2D eigenvalue weighted by molar-refractivity contribution is 14.0. The SMILES string of the molecule is CCOc1cccc(CCNC(N)=NCC(C)C)c1.I. The predicted octanol–water partition coefficient (Wildman–Crippen LogP) is 2.81. The van der Waals surface area contributed by atoms with Crippen LogP contribution in [0.15, 0.2) is 29.3 Å². The molecule has 0 aromatic heterocycles. The Bertz CT molecular complexity index is 408. The molecule has 0 unspecified atom stereocenters. The van der Waals surface area contributed by atoms with Crippen LogP contribution >= 0.6 is 24.0 Å². The molecule has 4 nitrogen and oxygen atoms in total. The van der Waals surface area contributed by atoms with Gasteiger partial charge >= 0.3 is 0 Å². The highest BCUT2D eigenvalue weighted by Crippen LogP contribution is 2.13. The van der Waals surface area contributed by atoms with E-state index in [0.717, 1.165) is 25.3 Å². The van der Waals surface area contributed by atoms with Gasteiger partial charge in [0.2, 0.25) is 0 Å². The monoisotopic (exact) mass is 391 g/mol. The molecule has 0 heterocycles. The fourth-order valence-electron chi connectivity index (χ4n) is 1.63. The average Bonchev–Trinajstić information content (AvgIpc) is 2.37. The van der Waals surface area contributed by atoms with Gasteiger partial charge in [-0.15, -0.1) is 24.0 Å². The van der Waals surface area contributed by atoms with E-state index in [1.807, 2.05) is 19.1 Å². The molecule has 0 aliphatic heterocycles. The third-order valence-corrected chi connectivity index (χ3v) is 2.56. The van der Waals surface area contributed by atoms with Gasteiger partial charge in [0.05, 0.1) is 6.61 Å². The molecule has 0 amide bonds. The molecule has 0 saturated carbocycles. The molecule has 0 fully saturated rings. The minimum atomic E-state index is 0. The minimum absolute atomic E-state index is 0. The number of benzene rings is 1. The zero-order valence-electron chi connectivity index (χ0n) is 12.6. The topological polar surface area (TPSA) is 59.6 Å². The molecule has 0 radical (unpaired) electrons. The Hall–Kier alpha value is -0.980. The molecule has 0 aliphatic carbocycles. The van der Waals surface area contributed by atoms with Crippen molar-refractivity contribution in [1.82, 2.24) is 5.32 Å². The van der Waals surface area contributed by atoms with Gasteiger partial charge in [-0.3, -0.25) is 4.99 Å². The highest BCUT2D eigenvalue weighted by Gasteiger charge is 1.98. The average molecular weight is 391 g/mol. The number of hydrogen-bond acceptors (Lipinski definition) is 2. The maximum absolute atomic E-state index is 5.78. The smallest absolute Gasteiger partial charge is 0.188 e. The molecule has 1 aromatic rings. The van der Waals surface area contributed by atoms with Crippen molar-refractivity contribution < 1.29 is 4.74 Å². The number of halogens is 1. The summed E-state index contributed by atoms with van der Waals surface area (Å²) < 4.78 is 5.47. The van der Waals surface area contributed by atoms with Gasteiger partial charge in [-0.1, -0.05) is 26.0 Å². The normalized spacial score (nSPS) is 11.1. The van der Waals surface area contributed by atoms with E-state index in [2.05, 4.69) is 36.3 Å². The molecule has 0 aliphatic rings. The number of nitrogens with two attached hydrogens (primary N) is 1. The molecule has 0 bridgehead atoms. The minimum Gasteiger partial charge on any atom is -0.494 e. The molecule has 5 heteroatoms. The van der Waals surface area contributed by atoms with Gasteiger partial charge in [0.25, 0.3) is 0 Å². The van der Waals surface area contributed by atoms with E-state index in [9.17, 15) is 0 Å². The molecular formula is C15H26IN3O. The molecule has 0 atom stereocenters. The Balaban J connectivity index is 0.00000361. The van der Waals surface area contributed by atoms with E-state index in [4.69, 9.17) is 10.5 Å². The van der Waals surface area contributed by atoms with Gasteiger partial charge in [0, 0.05) is 13.1 Å². The second kappa shape index (κ2) is 10.8. The van der Waals surface area contributed by atoms with Crippen LogP contribution in [0.25, 0.3) is 0 Å². The van der Waals surface area contributed by atoms with Crippen LogP contribution in [0.5, 0.6) is 5.75 Å². The first-order valence-corrected chi connectivity index (χ1v) is 6.87. The second-order valence-electron chi connectivity index (χ2n) is 4.88. The third-order valence-electron chi connectivity index (χ3n) is 2.56. The van der Waals surface area contributed by atoms with Crippen molar-refractivity contribution in [3.8, 4) is 5.75 Å². The van der Waals surface area contributed by atoms with Crippen LogP contribution in [0.2, 0.25) is 0 Å². The van der Waals surface area contributed by atoms with E-state index < -0.39 is 0 Å². The van der Waals surface area contributed by atoms with E-state index in [-0.39, 0.29) is 24.0 Å². The largest absolute Gasteiger partial charge is 0.494 e. The van der Waals surface area contributed by atoms with E-state index in [1.165, 1.54) is 5.56 Å². The number of guanidine groups is 1. The van der Waals surface area contributed by atoms with Crippen LogP contribution in [0.3, 0.4) is 0 Å². The second-order valence-corrected chi connectivity index (χ2v) is 4.88. The molecule has 20 heavy (non-hydrogen) atoms. The maximum Gasteiger partial charge on any atom is 0.188 e. The standard InChI is InChI=1S/C15H25N3O.HI/c1-4-19-14-7-5-6-13(10-14)8-9-17-15(16)18-11-12(2)3;/h5-7,10,12H,4,8-9,11H2,1-3H3,(H3,16,17,18);1H. The van der Waals surface area contributed by atoms with Crippen molar-refractivity contribution in [3.05, 3.63) is 29.8 Å². The van der Waals surface area contributed by atoms with Crippen molar-refractivity contribution in [2.24, 2.45) is 16.6 Å². The van der Waals surface area contributed by atoms with Gasteiger partial charge in [-0.2, -0.15) is 0 Å². The van der Waals surface area contributed by atoms with Crippen molar-refractivity contribution in [2.75, 3.05) is 19.7 Å². The Morgan fingerprint density at radius 3 is 2.80 bits per heavy atom. The van der Waals surface area contributed by atoms with Crippen LogP contribution in [-0.4, -0.2) is 25.7 Å². The first-order chi connectivity index (χ1) is 9.11. The number of rotatable bonds is 7. The molecule has 114 valence electrons. The lowest BCUT2D eigenvalue weighted by molar-refractivity contribution is 0.340. The van der Waals surface area contributed by atoms with Crippen molar-refractivity contribution in [3.63, 3.8) is 0 Å². The van der Waals surface area contributed by atoms with Gasteiger partial charge < -0.3 is 15.8 Å². The lowest BCUT2D eigenvalue weighted by Crippen LogP contribution is -2.33. The molecular weight excluding hydrogens is 365 g/mol. The summed E-state index contributed by atoms with van der Waals surface area (Å²) in [5.41, 5.74) is 7.01. The summed E-state index contributed by atoms with van der Waals surface area (Å²) in [5, 5.41) is 3.12. The fraction of sp³-hybridized carbons (Fsp3) is 0.533. The van der Waals surface area contributed by atoms with Gasteiger partial charge in [-0.05, 0) is 37.0 Å². The molecule has 0 spiro atoms. The van der Waals surface area contributed by atoms with E-state index >= 15 is 0 Å². The number of nitrogens with zero attached hydrogens (tertiary/aromatic N) is 1. The summed E-state index contributed by atoms with van der Waals surface area (Å²) in [6, 6.07) is 8.13. The predicted molar refractivity (Wildman–Crippen MR) is 96.1 cm³/mol. The van der Waals surface area contributed by atoms with Crippen molar-refractivity contribution >= 4 is 29.9 Å². The molecule has 1 aromatic carbocycles. The Morgan fingerprint density at radius 2 is 2.15 bits per heavy atom. The lowest BCUT2D eigenvalue weighted by Gasteiger charge is -2.08. The summed E-state index contributed by atoms with van der Waals surface area (Å²) in [5.74, 6) is 1.97. The Labute approximate surface area is 139 Å². The van der Waals surface area contributed by atoms with Crippen LogP contribution in [-0.2, 0) is 6.42 Å². The summed E-state index contributed by atoms with van der Waals surface area (Å²) in [6.45, 7) is 8.46. The first-order valence-electron chi connectivity index (χ1n) is 6.87. The fourth-order valence-corrected chi connectivity index (χ4v) is 1.63. The third kappa shape index (κ3) is 8.24. The summed E-state index contributed by atoms with van der Waals surface area (Å²) >= 11 is 0. The van der Waals surface area contributed by atoms with Crippen molar-refractivity contribution in [1.29, 1.82) is 0 Å². The summed E-state index contributed by atoms with van der Waals surface area (Å²) in [7, 11) is 0. The van der Waals surface area contributed by atoms with Crippen LogP contribution in [0, 0.1) is 5.92 Å². The van der Waals surface area contributed by atoms with Gasteiger partial charge in [-0.25, -0.2) is 0 Å². The van der Waals surface area contributed by atoms with Crippen molar-refractivity contribution in [2.45, 2.75) is 27.2 Å². The van der Waals surface area contributed by atoms with E-state index in [0.29, 0.717) is 18.5 Å². The number of hydrogen-bond donors (Lipinski definition) is 2. The van der Waals surface area contributed by atoms with Crippen LogP contribution < -0.4 is 15.8 Å². The number of nitrogens with one attached hydrogen (secondary N) is 1. The lowest BCUT2D eigenvalue weighted by atomic mass is 10.1. The summed E-state index contributed by atoms with van der Waals surface area (Å²) in [6.07, 6.45) is 0.902. The Morgan fingerprint density at radius 1 is 1.40 bits per heavy atom. The van der Waals surface area contributed by atoms with Gasteiger partial charge in [0.1, 0.15) is 5.75 Å². The zero-order valence-corrected chi connectivity index (χ0v) is 14.9. The van der Waals surface area contributed by atoms with Crippen LogP contribution in [0.4, 0.5) is 0 Å². The quantitative estimate of drug-likeness (QED) is 0.427. The number of ether oxygens (including phenoxy) is 1. The molecule has 3 N–H and O–H groups in total. The number of aliphatic imine (C=N–C) groups is 1. The molecule has 0 saturated heterocycles. The highest BCUT2D eigenvalue weighted by atomic mass is 127. The summed E-state index contributed by atoms with van der Waals surface area (Å²) in [4.78, 5) is 4.26. The van der Waals surface area contributed by atoms with Crippen LogP contribution in [0.1, 0.15) is 26.3 Å².